The second-order valence-electron chi connectivity index (χ2n) is 7.56. The van der Waals surface area contributed by atoms with Crippen LogP contribution in [0.3, 0.4) is 0 Å². The Bertz CT molecular complexity index is 767. The van der Waals surface area contributed by atoms with Crippen LogP contribution in [0.4, 0.5) is 0 Å². The first-order chi connectivity index (χ1) is 12.4. The highest BCUT2D eigenvalue weighted by Gasteiger charge is 2.29. The minimum absolute atomic E-state index is 0.157. The van der Waals surface area contributed by atoms with Gasteiger partial charge in [0.1, 0.15) is 5.75 Å². The van der Waals surface area contributed by atoms with Crippen LogP contribution in [0.2, 0.25) is 0 Å². The first-order valence-corrected chi connectivity index (χ1v) is 9.30. The van der Waals surface area contributed by atoms with E-state index in [1.54, 1.807) is 6.07 Å². The summed E-state index contributed by atoms with van der Waals surface area (Å²) in [5, 5.41) is 18.7. The number of hydrogen-bond acceptors (Lipinski definition) is 3. The zero-order valence-electron chi connectivity index (χ0n) is 15.5. The summed E-state index contributed by atoms with van der Waals surface area (Å²) in [5.41, 5.74) is 4.74. The highest BCUT2D eigenvalue weighted by molar-refractivity contribution is 5.67. The van der Waals surface area contributed by atoms with Crippen molar-refractivity contribution in [3.05, 3.63) is 64.7 Å². The SMILES string of the molecule is CC(C)CN1CCc2cc(O)ccc2[C@H]1c1ccc(CCC(=O)O)cc1. The molecule has 0 bridgehead atoms. The van der Waals surface area contributed by atoms with Gasteiger partial charge in [-0.05, 0) is 53.1 Å². The molecule has 0 radical (unpaired) electrons. The number of phenols is 1. The lowest BCUT2D eigenvalue weighted by Gasteiger charge is -2.38. The smallest absolute Gasteiger partial charge is 0.303 e. The monoisotopic (exact) mass is 353 g/mol. The van der Waals surface area contributed by atoms with Crippen LogP contribution in [0.1, 0.15) is 48.6 Å². The van der Waals surface area contributed by atoms with Gasteiger partial charge in [-0.3, -0.25) is 9.69 Å². The van der Waals surface area contributed by atoms with Crippen molar-refractivity contribution < 1.29 is 15.0 Å². The molecule has 0 saturated carbocycles. The summed E-state index contributed by atoms with van der Waals surface area (Å²) in [4.78, 5) is 13.3. The van der Waals surface area contributed by atoms with E-state index >= 15 is 0 Å². The number of benzene rings is 2. The molecule has 2 aromatic carbocycles. The number of nitrogens with zero attached hydrogens (tertiary/aromatic N) is 1. The lowest BCUT2D eigenvalue weighted by atomic mass is 9.87. The summed E-state index contributed by atoms with van der Waals surface area (Å²) in [7, 11) is 0. The molecule has 1 aliphatic heterocycles. The molecule has 0 aliphatic carbocycles. The largest absolute Gasteiger partial charge is 0.508 e. The molecule has 0 amide bonds. The van der Waals surface area contributed by atoms with Crippen LogP contribution in [-0.2, 0) is 17.6 Å². The third kappa shape index (κ3) is 4.25. The number of aryl methyl sites for hydroxylation is 1. The van der Waals surface area contributed by atoms with Gasteiger partial charge >= 0.3 is 5.97 Å². The van der Waals surface area contributed by atoms with Crippen LogP contribution >= 0.6 is 0 Å². The van der Waals surface area contributed by atoms with E-state index in [0.717, 1.165) is 25.1 Å². The highest BCUT2D eigenvalue weighted by atomic mass is 16.4. The van der Waals surface area contributed by atoms with Crippen molar-refractivity contribution in [3.63, 3.8) is 0 Å². The number of aliphatic carboxylic acids is 1. The topological polar surface area (TPSA) is 60.8 Å². The predicted molar refractivity (Wildman–Crippen MR) is 102 cm³/mol. The van der Waals surface area contributed by atoms with Gasteiger partial charge < -0.3 is 10.2 Å². The van der Waals surface area contributed by atoms with Gasteiger partial charge in [0.25, 0.3) is 0 Å². The Morgan fingerprint density at radius 1 is 1.19 bits per heavy atom. The Hall–Kier alpha value is -2.33. The number of rotatable bonds is 6. The summed E-state index contributed by atoms with van der Waals surface area (Å²) in [6.07, 6.45) is 1.66. The molecule has 0 unspecified atom stereocenters. The minimum atomic E-state index is -0.766. The summed E-state index contributed by atoms with van der Waals surface area (Å²) < 4.78 is 0. The van der Waals surface area contributed by atoms with E-state index in [-0.39, 0.29) is 12.5 Å². The van der Waals surface area contributed by atoms with Crippen molar-refractivity contribution in [3.8, 4) is 5.75 Å². The van der Waals surface area contributed by atoms with Gasteiger partial charge in [0.15, 0.2) is 0 Å². The van der Waals surface area contributed by atoms with Crippen molar-refractivity contribution in [2.75, 3.05) is 13.1 Å². The van der Waals surface area contributed by atoms with Crippen LogP contribution in [0.15, 0.2) is 42.5 Å². The minimum Gasteiger partial charge on any atom is -0.508 e. The quantitative estimate of drug-likeness (QED) is 0.824. The van der Waals surface area contributed by atoms with Crippen LogP contribution in [-0.4, -0.2) is 34.2 Å². The van der Waals surface area contributed by atoms with E-state index in [0.29, 0.717) is 18.1 Å². The maximum absolute atomic E-state index is 10.8. The number of carboxylic acids is 1. The molecule has 0 fully saturated rings. The van der Waals surface area contributed by atoms with Gasteiger partial charge in [-0.2, -0.15) is 0 Å². The molecule has 1 atom stereocenters. The predicted octanol–water partition coefficient (Wildman–Crippen LogP) is 4.01. The van der Waals surface area contributed by atoms with E-state index in [1.807, 2.05) is 24.3 Å². The van der Waals surface area contributed by atoms with Crippen LogP contribution in [0.25, 0.3) is 0 Å². The van der Waals surface area contributed by atoms with E-state index < -0.39 is 5.97 Å². The number of aromatic hydroxyl groups is 1. The third-order valence-electron chi connectivity index (χ3n) is 4.98. The molecule has 138 valence electrons. The van der Waals surface area contributed by atoms with Crippen LogP contribution < -0.4 is 0 Å². The third-order valence-corrected chi connectivity index (χ3v) is 4.98. The van der Waals surface area contributed by atoms with Crippen molar-refractivity contribution in [2.45, 2.75) is 39.2 Å². The van der Waals surface area contributed by atoms with E-state index in [4.69, 9.17) is 5.11 Å². The van der Waals surface area contributed by atoms with E-state index in [1.165, 1.54) is 16.7 Å². The maximum atomic E-state index is 10.8. The Morgan fingerprint density at radius 3 is 2.58 bits per heavy atom. The molecule has 0 saturated heterocycles. The van der Waals surface area contributed by atoms with Gasteiger partial charge in [0.05, 0.1) is 6.04 Å². The molecule has 1 heterocycles. The first-order valence-electron chi connectivity index (χ1n) is 9.30. The Morgan fingerprint density at radius 2 is 1.92 bits per heavy atom. The average Bonchev–Trinajstić information content (AvgIpc) is 2.60. The highest BCUT2D eigenvalue weighted by Crippen LogP contribution is 2.37. The molecule has 3 rings (SSSR count). The molecule has 4 nitrogen and oxygen atoms in total. The van der Waals surface area contributed by atoms with Gasteiger partial charge in [0.2, 0.25) is 0 Å². The van der Waals surface area contributed by atoms with Crippen LogP contribution in [0, 0.1) is 5.92 Å². The summed E-state index contributed by atoms with van der Waals surface area (Å²) in [6, 6.07) is 14.2. The molecule has 0 aromatic heterocycles. The van der Waals surface area contributed by atoms with Crippen molar-refractivity contribution in [1.29, 1.82) is 0 Å². The zero-order chi connectivity index (χ0) is 18.7. The number of phenolic OH excluding ortho intramolecular Hbond substituents is 1. The van der Waals surface area contributed by atoms with E-state index in [2.05, 4.69) is 30.9 Å². The maximum Gasteiger partial charge on any atom is 0.303 e. The fourth-order valence-corrected chi connectivity index (χ4v) is 3.84. The van der Waals surface area contributed by atoms with Crippen molar-refractivity contribution >= 4 is 5.97 Å². The standard InChI is InChI=1S/C22H27NO3/c1-15(2)14-23-12-11-18-13-19(24)8-9-20(18)22(23)17-6-3-16(4-7-17)5-10-21(25)26/h3-4,6-9,13,15,22,24H,5,10-12,14H2,1-2H3,(H,25,26)/t22-/m1/s1. The summed E-state index contributed by atoms with van der Waals surface area (Å²) >= 11 is 0. The molecular formula is C22H27NO3. The molecule has 0 spiro atoms. The van der Waals surface area contributed by atoms with Crippen LogP contribution in [0.5, 0.6) is 5.75 Å². The van der Waals surface area contributed by atoms with Gasteiger partial charge in [-0.1, -0.05) is 44.2 Å². The number of hydrogen-bond donors (Lipinski definition) is 2. The zero-order valence-corrected chi connectivity index (χ0v) is 15.5. The Kier molecular flexibility index (Phi) is 5.62. The lowest BCUT2D eigenvalue weighted by molar-refractivity contribution is -0.136. The van der Waals surface area contributed by atoms with Gasteiger partial charge in [-0.15, -0.1) is 0 Å². The molecule has 2 N–H and O–H groups in total. The number of carbonyl (C=O) groups is 1. The van der Waals surface area contributed by atoms with Gasteiger partial charge in [0, 0.05) is 19.5 Å². The van der Waals surface area contributed by atoms with Crippen molar-refractivity contribution in [2.24, 2.45) is 5.92 Å². The second kappa shape index (κ2) is 7.92. The molecule has 1 aliphatic rings. The molecule has 2 aromatic rings. The fraction of sp³-hybridized carbons (Fsp3) is 0.409. The Balaban J connectivity index is 1.91. The molecular weight excluding hydrogens is 326 g/mol. The second-order valence-corrected chi connectivity index (χ2v) is 7.56. The molecule has 26 heavy (non-hydrogen) atoms. The summed E-state index contributed by atoms with van der Waals surface area (Å²) in [6.45, 7) is 6.46. The van der Waals surface area contributed by atoms with Gasteiger partial charge in [-0.25, -0.2) is 0 Å². The van der Waals surface area contributed by atoms with Crippen molar-refractivity contribution in [1.82, 2.24) is 4.90 Å². The Labute approximate surface area is 155 Å². The summed E-state index contributed by atoms with van der Waals surface area (Å²) in [5.74, 6) is 0.132. The number of carboxylic acid groups (broad SMARTS) is 1. The first kappa shape index (κ1) is 18.5. The normalized spacial score (nSPS) is 17.3. The van der Waals surface area contributed by atoms with E-state index in [9.17, 15) is 9.90 Å². The lowest BCUT2D eigenvalue weighted by Crippen LogP contribution is -2.38. The molecule has 4 heteroatoms. The fourth-order valence-electron chi connectivity index (χ4n) is 3.84. The number of fused-ring (bicyclic) bond motifs is 1. The average molecular weight is 353 g/mol.